The van der Waals surface area contributed by atoms with E-state index in [0.29, 0.717) is 12.8 Å². The van der Waals surface area contributed by atoms with E-state index in [1.165, 1.54) is 13.1 Å². The van der Waals surface area contributed by atoms with Crippen LogP contribution in [0.25, 0.3) is 0 Å². The number of carbonyl (C=O) groups is 2. The van der Waals surface area contributed by atoms with E-state index < -0.39 is 29.7 Å². The molecule has 0 aliphatic carbocycles. The average Bonchev–Trinajstić information content (AvgIpc) is 2.43. The predicted molar refractivity (Wildman–Crippen MR) is 76.6 cm³/mol. The van der Waals surface area contributed by atoms with Crippen LogP contribution in [0.15, 0.2) is 15.8 Å². The van der Waals surface area contributed by atoms with Gasteiger partial charge in [0.15, 0.2) is 0 Å². The van der Waals surface area contributed by atoms with Crippen LogP contribution >= 0.6 is 0 Å². The van der Waals surface area contributed by atoms with Crippen molar-refractivity contribution < 1.29 is 19.8 Å². The van der Waals surface area contributed by atoms with Crippen LogP contribution in [0, 0.1) is 6.92 Å². The zero-order valence-electron chi connectivity index (χ0n) is 12.2. The zero-order valence-corrected chi connectivity index (χ0v) is 12.2. The van der Waals surface area contributed by atoms with E-state index >= 15 is 0 Å². The monoisotopic (exact) mass is 313 g/mol. The van der Waals surface area contributed by atoms with E-state index in [4.69, 9.17) is 10.2 Å². The van der Waals surface area contributed by atoms with Gasteiger partial charge in [0.1, 0.15) is 13.1 Å². The summed E-state index contributed by atoms with van der Waals surface area (Å²) in [5, 5.41) is 17.6. The van der Waals surface area contributed by atoms with Gasteiger partial charge in [-0.15, -0.1) is 0 Å². The van der Waals surface area contributed by atoms with Crippen molar-refractivity contribution in [2.24, 2.45) is 0 Å². The fraction of sp³-hybridized carbons (Fsp3) is 0.538. The first-order valence-electron chi connectivity index (χ1n) is 6.76. The standard InChI is InChI=1S/C13H19N3O6/c1-9-6-16(13(22)14-12(9)21)7-10(18)15(8-11(19)20)4-2-3-5-17/h6,17H,2-5,7-8H2,1H3,(H,19,20)(H,14,21,22). The number of rotatable bonds is 8. The summed E-state index contributed by atoms with van der Waals surface area (Å²) in [6.07, 6.45) is 2.15. The number of aromatic nitrogens is 2. The number of nitrogens with one attached hydrogen (secondary N) is 1. The molecule has 0 bridgehead atoms. The van der Waals surface area contributed by atoms with E-state index in [1.54, 1.807) is 0 Å². The number of unbranched alkanes of at least 4 members (excludes halogenated alkanes) is 1. The van der Waals surface area contributed by atoms with Crippen molar-refractivity contribution in [2.75, 3.05) is 19.7 Å². The molecule has 0 aliphatic rings. The lowest BCUT2D eigenvalue weighted by molar-refractivity contribution is -0.144. The third-order valence-electron chi connectivity index (χ3n) is 3.01. The molecule has 0 radical (unpaired) electrons. The van der Waals surface area contributed by atoms with Crippen LogP contribution in [0.2, 0.25) is 0 Å². The van der Waals surface area contributed by atoms with Gasteiger partial charge < -0.3 is 15.1 Å². The van der Waals surface area contributed by atoms with Crippen molar-refractivity contribution in [2.45, 2.75) is 26.3 Å². The average molecular weight is 313 g/mol. The van der Waals surface area contributed by atoms with E-state index in [2.05, 4.69) is 4.98 Å². The number of aliphatic hydroxyl groups is 1. The second-order valence-corrected chi connectivity index (χ2v) is 4.84. The smallest absolute Gasteiger partial charge is 0.328 e. The van der Waals surface area contributed by atoms with Gasteiger partial charge in [0.05, 0.1) is 0 Å². The molecular formula is C13H19N3O6. The number of amides is 1. The molecule has 0 aliphatic heterocycles. The molecule has 0 saturated heterocycles. The number of carbonyl (C=O) groups excluding carboxylic acids is 1. The summed E-state index contributed by atoms with van der Waals surface area (Å²) in [7, 11) is 0. The minimum absolute atomic E-state index is 0.0479. The minimum Gasteiger partial charge on any atom is -0.480 e. The predicted octanol–water partition coefficient (Wildman–Crippen LogP) is -1.47. The molecule has 22 heavy (non-hydrogen) atoms. The molecule has 1 heterocycles. The molecule has 1 aromatic heterocycles. The Labute approximate surface area is 125 Å². The van der Waals surface area contributed by atoms with Gasteiger partial charge in [-0.05, 0) is 19.8 Å². The van der Waals surface area contributed by atoms with Gasteiger partial charge >= 0.3 is 11.7 Å². The number of aliphatic hydroxyl groups excluding tert-OH is 1. The van der Waals surface area contributed by atoms with Crippen LogP contribution in [0.3, 0.4) is 0 Å². The Hall–Kier alpha value is -2.42. The maximum atomic E-state index is 12.1. The summed E-state index contributed by atoms with van der Waals surface area (Å²) >= 11 is 0. The van der Waals surface area contributed by atoms with Crippen LogP contribution in [-0.2, 0) is 16.1 Å². The van der Waals surface area contributed by atoms with E-state index in [-0.39, 0.29) is 25.3 Å². The summed E-state index contributed by atoms with van der Waals surface area (Å²) in [6.45, 7) is 0.774. The fourth-order valence-corrected chi connectivity index (χ4v) is 1.85. The molecule has 9 heteroatoms. The van der Waals surface area contributed by atoms with Crippen molar-refractivity contribution in [3.63, 3.8) is 0 Å². The molecule has 0 spiro atoms. The number of carboxylic acid groups (broad SMARTS) is 1. The van der Waals surface area contributed by atoms with E-state index in [0.717, 1.165) is 9.47 Å². The van der Waals surface area contributed by atoms with Crippen LogP contribution in [0.5, 0.6) is 0 Å². The molecule has 3 N–H and O–H groups in total. The number of aliphatic carboxylic acids is 1. The summed E-state index contributed by atoms with van der Waals surface area (Å²) in [6, 6.07) is 0. The Kier molecular flexibility index (Phi) is 6.51. The van der Waals surface area contributed by atoms with E-state index in [9.17, 15) is 19.2 Å². The minimum atomic E-state index is -1.16. The van der Waals surface area contributed by atoms with Gasteiger partial charge in [-0.1, -0.05) is 0 Å². The third kappa shape index (κ3) is 5.17. The summed E-state index contributed by atoms with van der Waals surface area (Å²) in [4.78, 5) is 49.0. The zero-order chi connectivity index (χ0) is 16.7. The Balaban J connectivity index is 2.85. The second kappa shape index (κ2) is 8.13. The number of hydrogen-bond acceptors (Lipinski definition) is 5. The third-order valence-corrected chi connectivity index (χ3v) is 3.01. The summed E-state index contributed by atoms with van der Waals surface area (Å²) < 4.78 is 1.03. The first-order chi connectivity index (χ1) is 10.3. The largest absolute Gasteiger partial charge is 0.480 e. The number of hydrogen-bond donors (Lipinski definition) is 3. The van der Waals surface area contributed by atoms with Crippen molar-refractivity contribution in [1.82, 2.24) is 14.5 Å². The highest BCUT2D eigenvalue weighted by Gasteiger charge is 2.17. The lowest BCUT2D eigenvalue weighted by Crippen LogP contribution is -2.41. The quantitative estimate of drug-likeness (QED) is 0.502. The van der Waals surface area contributed by atoms with Crippen molar-refractivity contribution >= 4 is 11.9 Å². The molecule has 1 rings (SSSR count). The van der Waals surface area contributed by atoms with Gasteiger partial charge in [-0.2, -0.15) is 0 Å². The number of aryl methyl sites for hydroxylation is 1. The summed E-state index contributed by atoms with van der Waals surface area (Å²) in [5.41, 5.74) is -0.980. The van der Waals surface area contributed by atoms with Gasteiger partial charge in [0.25, 0.3) is 5.56 Å². The number of H-pyrrole nitrogens is 1. The molecule has 9 nitrogen and oxygen atoms in total. The number of aromatic amines is 1. The van der Waals surface area contributed by atoms with E-state index in [1.807, 2.05) is 0 Å². The fourth-order valence-electron chi connectivity index (χ4n) is 1.85. The SMILES string of the molecule is Cc1cn(CC(=O)N(CCCCO)CC(=O)O)c(=O)[nH]c1=O. The van der Waals surface area contributed by atoms with Crippen molar-refractivity contribution in [1.29, 1.82) is 0 Å². The molecule has 0 atom stereocenters. The van der Waals surface area contributed by atoms with Gasteiger partial charge in [-0.3, -0.25) is 23.9 Å². The summed E-state index contributed by atoms with van der Waals surface area (Å²) in [5.74, 6) is -1.71. The van der Waals surface area contributed by atoms with Gasteiger partial charge in [0.2, 0.25) is 5.91 Å². The second-order valence-electron chi connectivity index (χ2n) is 4.84. The molecule has 122 valence electrons. The Morgan fingerprint density at radius 1 is 1.32 bits per heavy atom. The maximum Gasteiger partial charge on any atom is 0.328 e. The molecule has 0 unspecified atom stereocenters. The van der Waals surface area contributed by atoms with Crippen molar-refractivity contribution in [3.05, 3.63) is 32.6 Å². The highest BCUT2D eigenvalue weighted by Crippen LogP contribution is 1.98. The number of nitrogens with zero attached hydrogens (tertiary/aromatic N) is 2. The van der Waals surface area contributed by atoms with Gasteiger partial charge in [-0.25, -0.2) is 4.79 Å². The van der Waals surface area contributed by atoms with Gasteiger partial charge in [0, 0.05) is 24.9 Å². The van der Waals surface area contributed by atoms with Crippen LogP contribution in [0.4, 0.5) is 0 Å². The molecule has 0 fully saturated rings. The van der Waals surface area contributed by atoms with Crippen molar-refractivity contribution in [3.8, 4) is 0 Å². The normalized spacial score (nSPS) is 10.5. The van der Waals surface area contributed by atoms with Crippen LogP contribution in [0.1, 0.15) is 18.4 Å². The van der Waals surface area contributed by atoms with Crippen LogP contribution in [-0.4, -0.2) is 56.2 Å². The maximum absolute atomic E-state index is 12.1. The highest BCUT2D eigenvalue weighted by atomic mass is 16.4. The molecular weight excluding hydrogens is 294 g/mol. The lowest BCUT2D eigenvalue weighted by Gasteiger charge is -2.21. The Morgan fingerprint density at radius 2 is 2.00 bits per heavy atom. The molecule has 1 aromatic rings. The first-order valence-corrected chi connectivity index (χ1v) is 6.76. The van der Waals surface area contributed by atoms with Crippen LogP contribution < -0.4 is 11.2 Å². The Morgan fingerprint density at radius 3 is 2.59 bits per heavy atom. The topological polar surface area (TPSA) is 133 Å². The highest BCUT2D eigenvalue weighted by molar-refractivity contribution is 5.81. The molecule has 0 saturated carbocycles. The lowest BCUT2D eigenvalue weighted by atomic mass is 10.3. The number of carboxylic acids is 1. The molecule has 1 amide bonds. The molecule has 0 aromatic carbocycles. The Bertz CT molecular complexity index is 648. The first kappa shape index (κ1) is 17.6.